The highest BCUT2D eigenvalue weighted by Gasteiger charge is 2.28. The average Bonchev–Trinajstić information content (AvgIpc) is 3.05. The maximum atomic E-state index is 12.3. The third-order valence-corrected chi connectivity index (χ3v) is 5.84. The number of thioether (sulfide) groups is 1. The minimum Gasteiger partial charge on any atom is -0.353 e. The van der Waals surface area contributed by atoms with Gasteiger partial charge < -0.3 is 10.6 Å². The van der Waals surface area contributed by atoms with Crippen LogP contribution in [0.2, 0.25) is 0 Å². The number of nitrogens with one attached hydrogen (secondary N) is 2. The summed E-state index contributed by atoms with van der Waals surface area (Å²) in [6.45, 7) is 1.86. The molecule has 2 aliphatic heterocycles. The molecule has 1 saturated heterocycles. The van der Waals surface area contributed by atoms with Gasteiger partial charge in [0.25, 0.3) is 0 Å². The summed E-state index contributed by atoms with van der Waals surface area (Å²) in [7, 11) is 0. The van der Waals surface area contributed by atoms with Crippen molar-refractivity contribution in [1.29, 1.82) is 0 Å². The Labute approximate surface area is 128 Å². The van der Waals surface area contributed by atoms with Crippen LogP contribution in [0.15, 0.2) is 11.4 Å². The summed E-state index contributed by atoms with van der Waals surface area (Å²) in [5.41, 5.74) is 1.24. The lowest BCUT2D eigenvalue weighted by Crippen LogP contribution is -2.39. The maximum Gasteiger partial charge on any atom is 0.237 e. The van der Waals surface area contributed by atoms with Crippen LogP contribution in [0.5, 0.6) is 0 Å². The molecule has 19 heavy (non-hydrogen) atoms. The first-order valence-electron chi connectivity index (χ1n) is 6.53. The molecular weight excluding hydrogens is 300 g/mol. The van der Waals surface area contributed by atoms with Crippen molar-refractivity contribution in [3.8, 4) is 0 Å². The van der Waals surface area contributed by atoms with Crippen molar-refractivity contribution in [3.63, 3.8) is 0 Å². The van der Waals surface area contributed by atoms with Gasteiger partial charge in [0.15, 0.2) is 0 Å². The van der Waals surface area contributed by atoms with E-state index >= 15 is 0 Å². The third-order valence-electron chi connectivity index (χ3n) is 3.60. The van der Waals surface area contributed by atoms with Crippen molar-refractivity contribution in [3.05, 3.63) is 21.9 Å². The molecule has 1 fully saturated rings. The Morgan fingerprint density at radius 3 is 3.21 bits per heavy atom. The highest BCUT2D eigenvalue weighted by molar-refractivity contribution is 8.00. The Hall–Kier alpha value is -0.230. The zero-order valence-electron chi connectivity index (χ0n) is 10.7. The summed E-state index contributed by atoms with van der Waals surface area (Å²) < 4.78 is 0. The van der Waals surface area contributed by atoms with Crippen molar-refractivity contribution < 1.29 is 4.79 Å². The van der Waals surface area contributed by atoms with Gasteiger partial charge in [-0.15, -0.1) is 35.5 Å². The molecule has 1 aromatic rings. The van der Waals surface area contributed by atoms with Gasteiger partial charge in [0, 0.05) is 17.5 Å². The number of hydrogen-bond acceptors (Lipinski definition) is 4. The summed E-state index contributed by atoms with van der Waals surface area (Å²) in [5.74, 6) is 1.25. The van der Waals surface area contributed by atoms with E-state index in [2.05, 4.69) is 22.1 Å². The molecule has 2 N–H and O–H groups in total. The SMILES string of the molecule is Cl.O=C(NCC1CCCN1)C1SCCc2sccc21. The first-order chi connectivity index (χ1) is 8.84. The summed E-state index contributed by atoms with van der Waals surface area (Å²) in [5, 5.41) is 8.64. The lowest BCUT2D eigenvalue weighted by atomic mass is 10.1. The number of hydrogen-bond donors (Lipinski definition) is 2. The van der Waals surface area contributed by atoms with Crippen LogP contribution in [0.25, 0.3) is 0 Å². The Morgan fingerprint density at radius 1 is 1.53 bits per heavy atom. The molecule has 0 aliphatic carbocycles. The first-order valence-corrected chi connectivity index (χ1v) is 8.46. The zero-order chi connectivity index (χ0) is 12.4. The number of aryl methyl sites for hydroxylation is 1. The molecule has 0 radical (unpaired) electrons. The molecule has 2 unspecified atom stereocenters. The fourth-order valence-corrected chi connectivity index (χ4v) is 4.93. The molecule has 2 atom stereocenters. The van der Waals surface area contributed by atoms with Gasteiger partial charge in [-0.3, -0.25) is 4.79 Å². The minimum atomic E-state index is 0. The second-order valence-electron chi connectivity index (χ2n) is 4.84. The van der Waals surface area contributed by atoms with E-state index in [0.29, 0.717) is 6.04 Å². The predicted octanol–water partition coefficient (Wildman–Crippen LogP) is 2.37. The van der Waals surface area contributed by atoms with Crippen molar-refractivity contribution in [2.45, 2.75) is 30.6 Å². The van der Waals surface area contributed by atoms with Crippen molar-refractivity contribution in [2.24, 2.45) is 0 Å². The number of amides is 1. The minimum absolute atomic E-state index is 0. The second kappa shape index (κ2) is 6.97. The first kappa shape index (κ1) is 15.2. The number of thiophene rings is 1. The van der Waals surface area contributed by atoms with E-state index in [1.165, 1.54) is 23.3 Å². The van der Waals surface area contributed by atoms with E-state index in [4.69, 9.17) is 0 Å². The van der Waals surface area contributed by atoms with Gasteiger partial charge in [0.05, 0.1) is 0 Å². The quantitative estimate of drug-likeness (QED) is 0.899. The van der Waals surface area contributed by atoms with Gasteiger partial charge in [-0.2, -0.15) is 0 Å². The highest BCUT2D eigenvalue weighted by atomic mass is 35.5. The monoisotopic (exact) mass is 318 g/mol. The Balaban J connectivity index is 0.00000133. The highest BCUT2D eigenvalue weighted by Crippen LogP contribution is 2.39. The summed E-state index contributed by atoms with van der Waals surface area (Å²) in [6, 6.07) is 2.59. The van der Waals surface area contributed by atoms with Crippen LogP contribution in [0.4, 0.5) is 0 Å². The summed E-state index contributed by atoms with van der Waals surface area (Å²) >= 11 is 3.56. The molecule has 6 heteroatoms. The number of rotatable bonds is 3. The maximum absolute atomic E-state index is 12.3. The molecule has 0 saturated carbocycles. The van der Waals surface area contributed by atoms with Gasteiger partial charge in [-0.1, -0.05) is 0 Å². The molecular formula is C13H19ClN2OS2. The predicted molar refractivity (Wildman–Crippen MR) is 84.5 cm³/mol. The van der Waals surface area contributed by atoms with E-state index in [1.807, 2.05) is 0 Å². The van der Waals surface area contributed by atoms with Crippen LogP contribution >= 0.6 is 35.5 Å². The normalized spacial score (nSPS) is 25.5. The Bertz CT molecular complexity index is 432. The molecule has 106 valence electrons. The van der Waals surface area contributed by atoms with E-state index in [0.717, 1.165) is 25.3 Å². The van der Waals surface area contributed by atoms with Crippen LogP contribution in [-0.2, 0) is 11.2 Å². The third kappa shape index (κ3) is 3.45. The average molecular weight is 319 g/mol. The van der Waals surface area contributed by atoms with Crippen molar-refractivity contribution in [1.82, 2.24) is 10.6 Å². The largest absolute Gasteiger partial charge is 0.353 e. The van der Waals surface area contributed by atoms with Crippen molar-refractivity contribution >= 4 is 41.4 Å². The van der Waals surface area contributed by atoms with Crippen LogP contribution in [0.3, 0.4) is 0 Å². The number of carbonyl (C=O) groups is 1. The standard InChI is InChI=1S/C13H18N2OS2.ClH/c16-13(15-8-9-2-1-5-14-9)12-10-3-6-17-11(10)4-7-18-12;/h3,6,9,12,14H,1-2,4-5,7-8H2,(H,15,16);1H. The van der Waals surface area contributed by atoms with Gasteiger partial charge in [-0.25, -0.2) is 0 Å². The molecule has 3 nitrogen and oxygen atoms in total. The smallest absolute Gasteiger partial charge is 0.237 e. The number of fused-ring (bicyclic) bond motifs is 1. The van der Waals surface area contributed by atoms with E-state index in [1.54, 1.807) is 23.1 Å². The van der Waals surface area contributed by atoms with Gasteiger partial charge in [0.2, 0.25) is 5.91 Å². The molecule has 3 rings (SSSR count). The lowest BCUT2D eigenvalue weighted by Gasteiger charge is -2.22. The van der Waals surface area contributed by atoms with Gasteiger partial charge >= 0.3 is 0 Å². The Kier molecular flexibility index (Phi) is 5.57. The van der Waals surface area contributed by atoms with E-state index in [9.17, 15) is 4.79 Å². The van der Waals surface area contributed by atoms with Crippen LogP contribution in [-0.4, -0.2) is 30.8 Å². The summed E-state index contributed by atoms with van der Waals surface area (Å²) in [4.78, 5) is 13.7. The lowest BCUT2D eigenvalue weighted by molar-refractivity contribution is -0.120. The molecule has 2 aliphatic rings. The number of carbonyl (C=O) groups excluding carboxylic acids is 1. The van der Waals surface area contributed by atoms with Gasteiger partial charge in [0.1, 0.15) is 5.25 Å². The van der Waals surface area contributed by atoms with Crippen LogP contribution in [0.1, 0.15) is 28.5 Å². The van der Waals surface area contributed by atoms with Crippen LogP contribution in [0, 0.1) is 0 Å². The fraction of sp³-hybridized carbons (Fsp3) is 0.615. The molecule has 3 heterocycles. The number of halogens is 1. The molecule has 1 amide bonds. The summed E-state index contributed by atoms with van der Waals surface area (Å²) in [6.07, 6.45) is 3.53. The van der Waals surface area contributed by atoms with E-state index < -0.39 is 0 Å². The van der Waals surface area contributed by atoms with Gasteiger partial charge in [-0.05, 0) is 48.6 Å². The molecule has 1 aromatic heterocycles. The molecule has 0 aromatic carbocycles. The Morgan fingerprint density at radius 2 is 2.42 bits per heavy atom. The zero-order valence-corrected chi connectivity index (χ0v) is 13.1. The van der Waals surface area contributed by atoms with Crippen LogP contribution < -0.4 is 10.6 Å². The second-order valence-corrected chi connectivity index (χ2v) is 7.05. The van der Waals surface area contributed by atoms with Crippen molar-refractivity contribution in [2.75, 3.05) is 18.8 Å². The molecule has 0 spiro atoms. The fourth-order valence-electron chi connectivity index (χ4n) is 2.61. The molecule has 0 bridgehead atoms. The topological polar surface area (TPSA) is 41.1 Å². The van der Waals surface area contributed by atoms with E-state index in [-0.39, 0.29) is 23.6 Å².